The number of pyridine rings is 1. The number of nitrogens with zero attached hydrogens (tertiary/aromatic N) is 1. The Hall–Kier alpha value is -4.74. The summed E-state index contributed by atoms with van der Waals surface area (Å²) < 4.78 is 38.2. The second-order valence-electron chi connectivity index (χ2n) is 11.3. The van der Waals surface area contributed by atoms with Crippen LogP contribution in [-0.2, 0) is 9.47 Å². The molecule has 0 fully saturated rings. The third-order valence-electron chi connectivity index (χ3n) is 5.22. The molecular formula is C30H35F2N5O5. The lowest BCUT2D eigenvalue weighted by molar-refractivity contribution is 0.0528. The first kappa shape index (κ1) is 31.8. The molecule has 10 nitrogen and oxygen atoms in total. The van der Waals surface area contributed by atoms with Crippen LogP contribution in [0.3, 0.4) is 0 Å². The molecule has 224 valence electrons. The molecule has 1 heterocycles. The molecule has 3 amide bonds. The van der Waals surface area contributed by atoms with Gasteiger partial charge in [0.25, 0.3) is 5.91 Å². The number of anilines is 3. The maximum atomic E-state index is 13.9. The molecule has 12 heteroatoms. The average molecular weight is 584 g/mol. The summed E-state index contributed by atoms with van der Waals surface area (Å²) in [4.78, 5) is 41.4. The number of halogens is 2. The lowest BCUT2D eigenvalue weighted by Gasteiger charge is -2.21. The van der Waals surface area contributed by atoms with Crippen LogP contribution in [0, 0.1) is 11.6 Å². The zero-order chi connectivity index (χ0) is 31.1. The molecule has 0 aliphatic heterocycles. The van der Waals surface area contributed by atoms with Crippen molar-refractivity contribution in [2.75, 3.05) is 29.0 Å². The highest BCUT2D eigenvalue weighted by Crippen LogP contribution is 2.31. The lowest BCUT2D eigenvalue weighted by atomic mass is 10.0. The van der Waals surface area contributed by atoms with E-state index in [-0.39, 0.29) is 22.6 Å². The molecule has 0 unspecified atom stereocenters. The van der Waals surface area contributed by atoms with E-state index in [1.54, 1.807) is 53.7 Å². The Morgan fingerprint density at radius 3 is 1.98 bits per heavy atom. The Bertz CT molecular complexity index is 1410. The molecule has 0 radical (unpaired) electrons. The molecule has 0 aliphatic carbocycles. The molecule has 1 aromatic heterocycles. The van der Waals surface area contributed by atoms with Crippen molar-refractivity contribution >= 4 is 35.2 Å². The van der Waals surface area contributed by atoms with Gasteiger partial charge in [0.15, 0.2) is 0 Å². The van der Waals surface area contributed by atoms with Crippen LogP contribution in [0.25, 0.3) is 11.1 Å². The highest BCUT2D eigenvalue weighted by Gasteiger charge is 2.19. The van der Waals surface area contributed by atoms with E-state index in [4.69, 9.17) is 9.47 Å². The Labute approximate surface area is 243 Å². The molecule has 0 saturated carbocycles. The van der Waals surface area contributed by atoms with E-state index < -0.39 is 40.9 Å². The summed E-state index contributed by atoms with van der Waals surface area (Å²) in [5.41, 5.74) is 0.311. The van der Waals surface area contributed by atoms with Crippen molar-refractivity contribution in [2.24, 2.45) is 0 Å². The summed E-state index contributed by atoms with van der Waals surface area (Å²) in [5.74, 6) is -2.11. The molecule has 4 N–H and O–H groups in total. The molecular weight excluding hydrogens is 548 g/mol. The molecule has 3 rings (SSSR count). The van der Waals surface area contributed by atoms with Gasteiger partial charge in [-0.25, -0.2) is 23.4 Å². The number of hydrogen-bond donors (Lipinski definition) is 4. The zero-order valence-corrected chi connectivity index (χ0v) is 24.4. The average Bonchev–Trinajstić information content (AvgIpc) is 2.85. The Kier molecular flexibility index (Phi) is 10.1. The normalized spacial score (nSPS) is 11.3. The van der Waals surface area contributed by atoms with Gasteiger partial charge >= 0.3 is 12.2 Å². The van der Waals surface area contributed by atoms with E-state index >= 15 is 0 Å². The Morgan fingerprint density at radius 2 is 1.38 bits per heavy atom. The van der Waals surface area contributed by atoms with E-state index in [0.29, 0.717) is 24.3 Å². The maximum absolute atomic E-state index is 13.9. The van der Waals surface area contributed by atoms with E-state index in [2.05, 4.69) is 26.3 Å². The number of nitrogens with one attached hydrogen (secondary N) is 4. The minimum Gasteiger partial charge on any atom is -0.444 e. The number of carbonyl (C=O) groups excluding carboxylic acids is 3. The van der Waals surface area contributed by atoms with Gasteiger partial charge in [-0.15, -0.1) is 0 Å². The quantitative estimate of drug-likeness (QED) is 0.221. The van der Waals surface area contributed by atoms with E-state index in [1.165, 1.54) is 24.4 Å². The maximum Gasteiger partial charge on any atom is 0.412 e. The number of alkyl carbamates (subject to hydrolysis) is 1. The molecule has 2 aromatic carbocycles. The third kappa shape index (κ3) is 10.3. The van der Waals surface area contributed by atoms with Crippen LogP contribution in [0.5, 0.6) is 0 Å². The second kappa shape index (κ2) is 13.3. The Balaban J connectivity index is 1.73. The fourth-order valence-electron chi connectivity index (χ4n) is 3.57. The number of aromatic nitrogens is 1. The summed E-state index contributed by atoms with van der Waals surface area (Å²) in [5, 5.41) is 11.0. The number of amides is 3. The standard InChI is InChI=1S/C30H35F2N5O5/c1-29(2,3)41-27(39)34-12-11-33-22-8-10-24(35-17-22)26(38)36-25-15-18(19-13-20(31)16-21(32)14-19)7-9-23(25)37-28(40)42-30(4,5)6/h7-10,13-17,33H,11-12H2,1-6H3,(H,34,39)(H,36,38)(H,37,40). The van der Waals surface area contributed by atoms with Crippen LogP contribution in [-0.4, -0.2) is 47.4 Å². The van der Waals surface area contributed by atoms with Crippen molar-refractivity contribution < 1.29 is 32.6 Å². The Morgan fingerprint density at radius 1 is 0.738 bits per heavy atom. The van der Waals surface area contributed by atoms with Gasteiger partial charge in [0, 0.05) is 19.2 Å². The van der Waals surface area contributed by atoms with E-state index in [9.17, 15) is 23.2 Å². The molecule has 0 spiro atoms. The number of hydrogen-bond acceptors (Lipinski definition) is 7. The van der Waals surface area contributed by atoms with Crippen molar-refractivity contribution in [2.45, 2.75) is 52.7 Å². The van der Waals surface area contributed by atoms with Gasteiger partial charge in [0.2, 0.25) is 0 Å². The summed E-state index contributed by atoms with van der Waals surface area (Å²) in [7, 11) is 0. The van der Waals surface area contributed by atoms with Crippen molar-refractivity contribution in [1.82, 2.24) is 10.3 Å². The number of benzene rings is 2. The molecule has 0 atom stereocenters. The van der Waals surface area contributed by atoms with Crippen LogP contribution < -0.4 is 21.3 Å². The first-order chi connectivity index (χ1) is 19.6. The van der Waals surface area contributed by atoms with Gasteiger partial charge in [0.05, 0.1) is 23.3 Å². The summed E-state index contributed by atoms with van der Waals surface area (Å²) in [6.07, 6.45) is 0.174. The van der Waals surface area contributed by atoms with Crippen molar-refractivity contribution in [1.29, 1.82) is 0 Å². The van der Waals surface area contributed by atoms with Crippen LogP contribution in [0.15, 0.2) is 54.7 Å². The lowest BCUT2D eigenvalue weighted by Crippen LogP contribution is -2.35. The zero-order valence-electron chi connectivity index (χ0n) is 24.4. The highest BCUT2D eigenvalue weighted by atomic mass is 19.1. The highest BCUT2D eigenvalue weighted by molar-refractivity contribution is 6.06. The minimum absolute atomic E-state index is 0.0675. The first-order valence-corrected chi connectivity index (χ1v) is 13.2. The first-order valence-electron chi connectivity index (χ1n) is 13.2. The molecule has 0 bridgehead atoms. The number of ether oxygens (including phenoxy) is 2. The van der Waals surface area contributed by atoms with Crippen molar-refractivity contribution in [3.63, 3.8) is 0 Å². The molecule has 3 aromatic rings. The van der Waals surface area contributed by atoms with Crippen LogP contribution in [0.1, 0.15) is 52.0 Å². The smallest absolute Gasteiger partial charge is 0.412 e. The summed E-state index contributed by atoms with van der Waals surface area (Å²) in [6, 6.07) is 10.7. The van der Waals surface area contributed by atoms with Gasteiger partial charge in [-0.1, -0.05) is 6.07 Å². The second-order valence-corrected chi connectivity index (χ2v) is 11.3. The minimum atomic E-state index is -0.766. The van der Waals surface area contributed by atoms with Crippen LogP contribution in [0.2, 0.25) is 0 Å². The monoisotopic (exact) mass is 583 g/mol. The molecule has 0 saturated heterocycles. The van der Waals surface area contributed by atoms with Crippen molar-refractivity contribution in [3.8, 4) is 11.1 Å². The molecule has 0 aliphatic rings. The predicted molar refractivity (Wildman–Crippen MR) is 157 cm³/mol. The third-order valence-corrected chi connectivity index (χ3v) is 5.22. The SMILES string of the molecule is CC(C)(C)OC(=O)NCCNc1ccc(C(=O)Nc2cc(-c3cc(F)cc(F)c3)ccc2NC(=O)OC(C)(C)C)nc1. The van der Waals surface area contributed by atoms with Crippen LogP contribution >= 0.6 is 0 Å². The van der Waals surface area contributed by atoms with E-state index in [1.807, 2.05) is 0 Å². The fourth-order valence-corrected chi connectivity index (χ4v) is 3.57. The van der Waals surface area contributed by atoms with Gasteiger partial charge in [-0.2, -0.15) is 0 Å². The van der Waals surface area contributed by atoms with Gasteiger partial charge in [0.1, 0.15) is 28.5 Å². The topological polar surface area (TPSA) is 131 Å². The summed E-state index contributed by atoms with van der Waals surface area (Å²) in [6.45, 7) is 11.1. The van der Waals surface area contributed by atoms with E-state index in [0.717, 1.165) is 18.2 Å². The molecule has 42 heavy (non-hydrogen) atoms. The van der Waals surface area contributed by atoms with Gasteiger partial charge < -0.3 is 25.4 Å². The van der Waals surface area contributed by atoms with Crippen LogP contribution in [0.4, 0.5) is 35.4 Å². The van der Waals surface area contributed by atoms with Crippen molar-refractivity contribution in [3.05, 3.63) is 72.1 Å². The summed E-state index contributed by atoms with van der Waals surface area (Å²) >= 11 is 0. The fraction of sp³-hybridized carbons (Fsp3) is 0.333. The van der Waals surface area contributed by atoms with Gasteiger partial charge in [-0.05, 0) is 89.1 Å². The number of rotatable bonds is 8. The number of carbonyl (C=O) groups is 3. The van der Waals surface area contributed by atoms with Gasteiger partial charge in [-0.3, -0.25) is 10.1 Å². The largest absolute Gasteiger partial charge is 0.444 e. The predicted octanol–water partition coefficient (Wildman–Crippen LogP) is 6.56.